The first-order valence-corrected chi connectivity index (χ1v) is 6.71. The van der Waals surface area contributed by atoms with Crippen molar-refractivity contribution in [3.05, 3.63) is 0 Å². The smallest absolute Gasteiger partial charge is 0.303 e. The number of hydrogen-bond acceptors (Lipinski definition) is 2. The molecule has 0 bridgehead atoms. The molecule has 3 heteroatoms. The minimum atomic E-state index is -0.637. The third-order valence-electron chi connectivity index (χ3n) is 4.04. The molecule has 3 nitrogen and oxygen atoms in total. The number of nitrogens with zero attached hydrogens (tertiary/aromatic N) is 1. The van der Waals surface area contributed by atoms with E-state index in [0.717, 1.165) is 19.1 Å². The normalized spacial score (nSPS) is 25.8. The van der Waals surface area contributed by atoms with E-state index in [1.165, 1.54) is 44.9 Å². The fraction of sp³-hybridized carbons (Fsp3) is 0.923. The van der Waals surface area contributed by atoms with E-state index in [4.69, 9.17) is 5.11 Å². The zero-order valence-corrected chi connectivity index (χ0v) is 10.0. The van der Waals surface area contributed by atoms with Crippen molar-refractivity contribution in [3.8, 4) is 0 Å². The van der Waals surface area contributed by atoms with Gasteiger partial charge >= 0.3 is 5.97 Å². The maximum atomic E-state index is 10.6. The van der Waals surface area contributed by atoms with Gasteiger partial charge in [-0.05, 0) is 18.8 Å². The van der Waals surface area contributed by atoms with Crippen molar-refractivity contribution >= 4 is 5.97 Å². The Bertz CT molecular complexity index is 228. The maximum Gasteiger partial charge on any atom is 0.303 e. The lowest BCUT2D eigenvalue weighted by Crippen LogP contribution is -2.52. The summed E-state index contributed by atoms with van der Waals surface area (Å²) in [6, 6.07) is 0.755. The molecule has 16 heavy (non-hydrogen) atoms. The molecule has 92 valence electrons. The molecule has 2 aliphatic rings. The van der Waals surface area contributed by atoms with E-state index in [9.17, 15) is 4.79 Å². The van der Waals surface area contributed by atoms with Crippen LogP contribution in [0.5, 0.6) is 0 Å². The third-order valence-corrected chi connectivity index (χ3v) is 4.04. The monoisotopic (exact) mass is 225 g/mol. The van der Waals surface area contributed by atoms with Crippen molar-refractivity contribution in [2.75, 3.05) is 13.1 Å². The van der Waals surface area contributed by atoms with Gasteiger partial charge in [0.15, 0.2) is 0 Å². The Morgan fingerprint density at radius 1 is 1.06 bits per heavy atom. The zero-order valence-electron chi connectivity index (χ0n) is 10.0. The van der Waals surface area contributed by atoms with Crippen LogP contribution in [0.25, 0.3) is 0 Å². The first-order chi connectivity index (χ1) is 7.75. The first kappa shape index (κ1) is 11.9. The summed E-state index contributed by atoms with van der Waals surface area (Å²) in [4.78, 5) is 13.1. The van der Waals surface area contributed by atoms with Gasteiger partial charge in [-0.2, -0.15) is 0 Å². The number of aliphatic carboxylic acids is 1. The van der Waals surface area contributed by atoms with Crippen LogP contribution in [0.2, 0.25) is 0 Å². The second-order valence-corrected chi connectivity index (χ2v) is 5.42. The van der Waals surface area contributed by atoms with Crippen LogP contribution in [0.1, 0.15) is 51.4 Å². The topological polar surface area (TPSA) is 40.5 Å². The van der Waals surface area contributed by atoms with Gasteiger partial charge in [0.05, 0.1) is 6.42 Å². The van der Waals surface area contributed by atoms with Crippen LogP contribution >= 0.6 is 0 Å². The number of likely N-dealkylation sites (tertiary alicyclic amines) is 1. The third kappa shape index (κ3) is 3.21. The molecule has 0 spiro atoms. The van der Waals surface area contributed by atoms with E-state index < -0.39 is 5.97 Å². The lowest BCUT2D eigenvalue weighted by Gasteiger charge is -2.44. The van der Waals surface area contributed by atoms with Crippen LogP contribution in [0, 0.1) is 5.92 Å². The number of hydrogen-bond donors (Lipinski definition) is 1. The summed E-state index contributed by atoms with van der Waals surface area (Å²) in [5, 5.41) is 8.71. The average molecular weight is 225 g/mol. The second kappa shape index (κ2) is 5.67. The summed E-state index contributed by atoms with van der Waals surface area (Å²) in [5.41, 5.74) is 0. The van der Waals surface area contributed by atoms with E-state index >= 15 is 0 Å². The molecule has 2 rings (SSSR count). The van der Waals surface area contributed by atoms with Gasteiger partial charge in [-0.25, -0.2) is 0 Å². The molecule has 0 aromatic heterocycles. The van der Waals surface area contributed by atoms with Gasteiger partial charge in [0.1, 0.15) is 0 Å². The quantitative estimate of drug-likeness (QED) is 0.802. The van der Waals surface area contributed by atoms with E-state index in [1.54, 1.807) is 0 Å². The number of carboxylic acid groups (broad SMARTS) is 1. The molecule has 0 aromatic rings. The zero-order chi connectivity index (χ0) is 11.4. The predicted octanol–water partition coefficient (Wildman–Crippen LogP) is 2.51. The van der Waals surface area contributed by atoms with Crippen LogP contribution in [0.15, 0.2) is 0 Å². The Balaban J connectivity index is 1.70. The molecule has 0 aromatic carbocycles. The summed E-state index contributed by atoms with van der Waals surface area (Å²) in [7, 11) is 0. The van der Waals surface area contributed by atoms with Crippen LogP contribution in [0.4, 0.5) is 0 Å². The van der Waals surface area contributed by atoms with Crippen LogP contribution < -0.4 is 0 Å². The van der Waals surface area contributed by atoms with Crippen molar-refractivity contribution < 1.29 is 9.90 Å². The maximum absolute atomic E-state index is 10.6. The van der Waals surface area contributed by atoms with Crippen LogP contribution in [-0.4, -0.2) is 35.1 Å². The predicted molar refractivity (Wildman–Crippen MR) is 63.4 cm³/mol. The van der Waals surface area contributed by atoms with Crippen LogP contribution in [0.3, 0.4) is 0 Å². The highest BCUT2D eigenvalue weighted by Gasteiger charge is 2.33. The van der Waals surface area contributed by atoms with E-state index in [0.29, 0.717) is 12.3 Å². The van der Waals surface area contributed by atoms with Crippen LogP contribution in [-0.2, 0) is 4.79 Å². The van der Waals surface area contributed by atoms with Crippen molar-refractivity contribution in [1.82, 2.24) is 4.90 Å². The molecule has 1 saturated heterocycles. The van der Waals surface area contributed by atoms with Gasteiger partial charge < -0.3 is 5.11 Å². The number of rotatable bonds is 3. The molecule has 0 atom stereocenters. The van der Waals surface area contributed by atoms with Gasteiger partial charge in [0.25, 0.3) is 0 Å². The van der Waals surface area contributed by atoms with E-state index in [2.05, 4.69) is 4.90 Å². The van der Waals surface area contributed by atoms with Gasteiger partial charge in [-0.3, -0.25) is 9.69 Å². The summed E-state index contributed by atoms with van der Waals surface area (Å²) >= 11 is 0. The summed E-state index contributed by atoms with van der Waals surface area (Å²) < 4.78 is 0. The standard InChI is InChI=1S/C13H23NO2/c15-13(16)8-11-9-14(10-11)12-6-4-2-1-3-5-7-12/h11-12H,1-10H2,(H,15,16). The highest BCUT2D eigenvalue weighted by Crippen LogP contribution is 2.28. The lowest BCUT2D eigenvalue weighted by molar-refractivity contribution is -0.140. The van der Waals surface area contributed by atoms with Crippen molar-refractivity contribution in [1.29, 1.82) is 0 Å². The summed E-state index contributed by atoms with van der Waals surface area (Å²) in [6.07, 6.45) is 9.96. The molecule has 0 amide bonds. The molecule has 0 unspecified atom stereocenters. The Morgan fingerprint density at radius 3 is 2.19 bits per heavy atom. The van der Waals surface area contributed by atoms with Gasteiger partial charge in [-0.1, -0.05) is 32.1 Å². The van der Waals surface area contributed by atoms with Crippen molar-refractivity contribution in [2.45, 2.75) is 57.4 Å². The highest BCUT2D eigenvalue weighted by atomic mass is 16.4. The Morgan fingerprint density at radius 2 is 1.62 bits per heavy atom. The fourth-order valence-corrected chi connectivity index (χ4v) is 3.08. The first-order valence-electron chi connectivity index (χ1n) is 6.71. The molecular formula is C13H23NO2. The Labute approximate surface area is 97.8 Å². The van der Waals surface area contributed by atoms with E-state index in [1.807, 2.05) is 0 Å². The Kier molecular flexibility index (Phi) is 4.22. The molecule has 1 aliphatic carbocycles. The minimum Gasteiger partial charge on any atom is -0.481 e. The van der Waals surface area contributed by atoms with Gasteiger partial charge in [0.2, 0.25) is 0 Å². The number of carbonyl (C=O) groups is 1. The Hall–Kier alpha value is -0.570. The molecular weight excluding hydrogens is 202 g/mol. The molecule has 0 radical (unpaired) electrons. The lowest BCUT2D eigenvalue weighted by atomic mass is 9.89. The summed E-state index contributed by atoms with van der Waals surface area (Å²) in [6.45, 7) is 2.05. The second-order valence-electron chi connectivity index (χ2n) is 5.42. The van der Waals surface area contributed by atoms with Gasteiger partial charge in [0, 0.05) is 19.1 Å². The van der Waals surface area contributed by atoms with Crippen molar-refractivity contribution in [3.63, 3.8) is 0 Å². The van der Waals surface area contributed by atoms with E-state index in [-0.39, 0.29) is 0 Å². The molecule has 1 saturated carbocycles. The SMILES string of the molecule is O=C(O)CC1CN(C2CCCCCCC2)C1. The molecule has 1 aliphatic heterocycles. The fourth-order valence-electron chi connectivity index (χ4n) is 3.08. The number of carboxylic acids is 1. The van der Waals surface area contributed by atoms with Crippen molar-refractivity contribution in [2.24, 2.45) is 5.92 Å². The largest absolute Gasteiger partial charge is 0.481 e. The average Bonchev–Trinajstić information content (AvgIpc) is 2.11. The highest BCUT2D eigenvalue weighted by molar-refractivity contribution is 5.67. The summed E-state index contributed by atoms with van der Waals surface area (Å²) in [5.74, 6) is -0.217. The molecule has 1 heterocycles. The van der Waals surface area contributed by atoms with Gasteiger partial charge in [-0.15, -0.1) is 0 Å². The minimum absolute atomic E-state index is 0.364. The molecule has 1 N–H and O–H groups in total. The molecule has 2 fully saturated rings.